The first kappa shape index (κ1) is 21.0. The Labute approximate surface area is 173 Å². The third kappa shape index (κ3) is 3.89. The van der Waals surface area contributed by atoms with E-state index in [1.165, 1.54) is 11.6 Å². The first-order valence-corrected chi connectivity index (χ1v) is 10.2. The molecule has 0 bridgehead atoms. The number of thioether (sulfide) groups is 1. The predicted molar refractivity (Wildman–Crippen MR) is 115 cm³/mol. The van der Waals surface area contributed by atoms with Crippen molar-refractivity contribution in [2.45, 2.75) is 30.4 Å². The van der Waals surface area contributed by atoms with Gasteiger partial charge < -0.3 is 9.47 Å². The molecule has 0 saturated carbocycles. The number of pyridine rings is 1. The van der Waals surface area contributed by atoms with E-state index in [0.717, 1.165) is 20.6 Å². The summed E-state index contributed by atoms with van der Waals surface area (Å²) < 4.78 is 13.3. The van der Waals surface area contributed by atoms with Crippen molar-refractivity contribution in [3.8, 4) is 11.5 Å². The quantitative estimate of drug-likeness (QED) is 0.576. The van der Waals surface area contributed by atoms with Crippen LogP contribution in [0, 0.1) is 0 Å². The van der Waals surface area contributed by atoms with Crippen LogP contribution < -0.4 is 20.7 Å². The topological polar surface area (TPSA) is 75.4 Å². The van der Waals surface area contributed by atoms with E-state index >= 15 is 0 Å². The zero-order valence-corrected chi connectivity index (χ0v) is 18.3. The maximum atomic E-state index is 13.0. The minimum absolute atomic E-state index is 0.177. The lowest BCUT2D eigenvalue weighted by molar-refractivity contribution is 0.393. The van der Waals surface area contributed by atoms with Crippen LogP contribution in [0.4, 0.5) is 0 Å². The highest BCUT2D eigenvalue weighted by Crippen LogP contribution is 2.35. The fourth-order valence-corrected chi connectivity index (χ4v) is 4.44. The molecule has 0 radical (unpaired) electrons. The Balaban J connectivity index is 2.17. The summed E-state index contributed by atoms with van der Waals surface area (Å²) in [5.41, 5.74) is 1.67. The largest absolute Gasteiger partial charge is 0.497 e. The molecule has 3 aromatic rings. The Morgan fingerprint density at radius 3 is 2.21 bits per heavy atom. The molecule has 3 rings (SSSR count). The van der Waals surface area contributed by atoms with Gasteiger partial charge >= 0.3 is 5.69 Å². The second-order valence-electron chi connectivity index (χ2n) is 7.11. The minimum atomic E-state index is -0.388. The number of fused-ring (bicyclic) bond motifs is 1. The van der Waals surface area contributed by atoms with Gasteiger partial charge in [0.15, 0.2) is 0 Å². The molecule has 0 spiro atoms. The third-order valence-electron chi connectivity index (χ3n) is 4.87. The van der Waals surface area contributed by atoms with E-state index in [2.05, 4.69) is 18.8 Å². The highest BCUT2D eigenvalue weighted by molar-refractivity contribution is 7.98. The molecule has 0 saturated heterocycles. The molecule has 0 aliphatic heterocycles. The average Bonchev–Trinajstić information content (AvgIpc) is 2.73. The molecular weight excluding hydrogens is 390 g/mol. The van der Waals surface area contributed by atoms with Crippen LogP contribution in [0.25, 0.3) is 11.0 Å². The lowest BCUT2D eigenvalue weighted by Gasteiger charge is -2.16. The highest BCUT2D eigenvalue weighted by Gasteiger charge is 2.19. The second-order valence-corrected chi connectivity index (χ2v) is 8.10. The van der Waals surface area contributed by atoms with Crippen LogP contribution in [0.3, 0.4) is 0 Å². The van der Waals surface area contributed by atoms with Crippen molar-refractivity contribution in [1.82, 2.24) is 14.1 Å². The number of ether oxygens (including phenoxy) is 2. The van der Waals surface area contributed by atoms with Crippen molar-refractivity contribution in [2.24, 2.45) is 14.1 Å². The number of hydrogen-bond acceptors (Lipinski definition) is 6. The van der Waals surface area contributed by atoms with Crippen LogP contribution in [-0.2, 0) is 19.8 Å². The van der Waals surface area contributed by atoms with Gasteiger partial charge in [0.25, 0.3) is 5.56 Å². The number of aromatic nitrogens is 3. The van der Waals surface area contributed by atoms with Crippen LogP contribution >= 0.6 is 11.8 Å². The average molecular weight is 416 g/mol. The molecular formula is C21H25N3O4S. The van der Waals surface area contributed by atoms with E-state index in [-0.39, 0.29) is 17.2 Å². The normalized spacial score (nSPS) is 11.3. The molecule has 1 aromatic carbocycles. The first-order chi connectivity index (χ1) is 13.8. The van der Waals surface area contributed by atoms with Gasteiger partial charge in [-0.25, -0.2) is 9.78 Å². The lowest BCUT2D eigenvalue weighted by atomic mass is 10.0. The first-order valence-electron chi connectivity index (χ1n) is 9.21. The highest BCUT2D eigenvalue weighted by atomic mass is 32.2. The lowest BCUT2D eigenvalue weighted by Crippen LogP contribution is -2.37. The van der Waals surface area contributed by atoms with Crippen molar-refractivity contribution >= 4 is 22.8 Å². The number of aryl methyl sites for hydroxylation is 1. The molecule has 7 nitrogen and oxygen atoms in total. The van der Waals surface area contributed by atoms with Crippen LogP contribution in [-0.4, -0.2) is 28.3 Å². The van der Waals surface area contributed by atoms with Crippen LogP contribution in [0.1, 0.15) is 30.9 Å². The number of nitrogens with zero attached hydrogens (tertiary/aromatic N) is 3. The van der Waals surface area contributed by atoms with Crippen molar-refractivity contribution in [2.75, 3.05) is 14.2 Å². The summed E-state index contributed by atoms with van der Waals surface area (Å²) in [6.45, 7) is 4.13. The van der Waals surface area contributed by atoms with Gasteiger partial charge in [0.1, 0.15) is 17.1 Å². The minimum Gasteiger partial charge on any atom is -0.497 e. The Kier molecular flexibility index (Phi) is 6.02. The number of hydrogen-bond donors (Lipinski definition) is 0. The Bertz CT molecular complexity index is 1160. The fourth-order valence-electron chi connectivity index (χ4n) is 3.19. The molecule has 0 fully saturated rings. The van der Waals surface area contributed by atoms with Gasteiger partial charge in [-0.15, -0.1) is 11.8 Å². The zero-order chi connectivity index (χ0) is 21.3. The molecule has 0 N–H and O–H groups in total. The summed E-state index contributed by atoms with van der Waals surface area (Å²) >= 11 is 1.55. The van der Waals surface area contributed by atoms with Crippen LogP contribution in [0.15, 0.2) is 38.9 Å². The summed E-state index contributed by atoms with van der Waals surface area (Å²) in [6, 6.07) is 5.71. The molecule has 29 heavy (non-hydrogen) atoms. The van der Waals surface area contributed by atoms with Gasteiger partial charge in [-0.3, -0.25) is 13.9 Å². The van der Waals surface area contributed by atoms with Crippen molar-refractivity contribution in [3.05, 3.63) is 56.4 Å². The molecule has 0 unspecified atom stereocenters. The molecule has 2 aromatic heterocycles. The van der Waals surface area contributed by atoms with Crippen LogP contribution in [0.2, 0.25) is 0 Å². The van der Waals surface area contributed by atoms with E-state index in [4.69, 9.17) is 9.47 Å². The zero-order valence-electron chi connectivity index (χ0n) is 17.5. The van der Waals surface area contributed by atoms with Gasteiger partial charge in [-0.1, -0.05) is 13.8 Å². The molecule has 2 heterocycles. The molecule has 0 aliphatic rings. The maximum absolute atomic E-state index is 13.0. The van der Waals surface area contributed by atoms with E-state index in [1.54, 1.807) is 39.2 Å². The monoisotopic (exact) mass is 415 g/mol. The Morgan fingerprint density at radius 2 is 1.66 bits per heavy atom. The SMILES string of the molecule is COc1cc(CSc2c(C(C)C)cnc3c2c(=O)n(C)c(=O)n3C)cc(OC)c1. The number of rotatable bonds is 6. The summed E-state index contributed by atoms with van der Waals surface area (Å²) in [7, 11) is 6.35. The molecule has 0 amide bonds. The molecule has 0 atom stereocenters. The van der Waals surface area contributed by atoms with Gasteiger partial charge in [0.05, 0.1) is 19.6 Å². The van der Waals surface area contributed by atoms with E-state index in [9.17, 15) is 9.59 Å². The van der Waals surface area contributed by atoms with Crippen molar-refractivity contribution < 1.29 is 9.47 Å². The van der Waals surface area contributed by atoms with E-state index < -0.39 is 0 Å². The molecule has 0 aliphatic carbocycles. The van der Waals surface area contributed by atoms with Gasteiger partial charge in [0, 0.05) is 37.0 Å². The predicted octanol–water partition coefficient (Wildman–Crippen LogP) is 3.07. The van der Waals surface area contributed by atoms with Crippen molar-refractivity contribution in [1.29, 1.82) is 0 Å². The van der Waals surface area contributed by atoms with Gasteiger partial charge in [-0.2, -0.15) is 0 Å². The van der Waals surface area contributed by atoms with E-state index in [0.29, 0.717) is 28.3 Å². The Hall–Kier alpha value is -2.74. The molecule has 8 heteroatoms. The number of benzene rings is 1. The third-order valence-corrected chi connectivity index (χ3v) is 6.07. The van der Waals surface area contributed by atoms with Gasteiger partial charge in [0.2, 0.25) is 0 Å². The standard InChI is InChI=1S/C21H25N3O4S/c1-12(2)16-10-22-19-17(20(25)24(4)21(26)23(19)3)18(16)29-11-13-7-14(27-5)9-15(8-13)28-6/h7-10,12H,11H2,1-6H3. The second kappa shape index (κ2) is 8.32. The summed E-state index contributed by atoms with van der Waals surface area (Å²) in [4.78, 5) is 30.6. The summed E-state index contributed by atoms with van der Waals surface area (Å²) in [6.07, 6.45) is 1.76. The number of methoxy groups -OCH3 is 2. The molecule has 154 valence electrons. The van der Waals surface area contributed by atoms with Crippen molar-refractivity contribution in [3.63, 3.8) is 0 Å². The van der Waals surface area contributed by atoms with Crippen LogP contribution in [0.5, 0.6) is 11.5 Å². The fraction of sp³-hybridized carbons (Fsp3) is 0.381. The maximum Gasteiger partial charge on any atom is 0.332 e. The van der Waals surface area contributed by atoms with E-state index in [1.807, 2.05) is 18.2 Å². The smallest absolute Gasteiger partial charge is 0.332 e. The summed E-state index contributed by atoms with van der Waals surface area (Å²) in [5, 5.41) is 0.473. The Morgan fingerprint density at radius 1 is 1.03 bits per heavy atom. The summed E-state index contributed by atoms with van der Waals surface area (Å²) in [5.74, 6) is 2.21. The van der Waals surface area contributed by atoms with Gasteiger partial charge in [-0.05, 0) is 29.2 Å².